The molecule has 0 N–H and O–H groups in total. The average Bonchev–Trinajstić information content (AvgIpc) is 3.24. The Labute approximate surface area is 339 Å². The Balaban J connectivity index is 1.12. The van der Waals surface area contributed by atoms with Gasteiger partial charge in [0.15, 0.2) is 34.5 Å². The number of para-hydroxylation sites is 2. The van der Waals surface area contributed by atoms with E-state index in [0.29, 0.717) is 165 Å². The minimum atomic E-state index is -0.539. The Morgan fingerprint density at radius 3 is 1.07 bits per heavy atom. The van der Waals surface area contributed by atoms with Crippen molar-refractivity contribution in [2.24, 2.45) is 0 Å². The zero-order chi connectivity index (χ0) is 40.1. The van der Waals surface area contributed by atoms with Crippen molar-refractivity contribution in [2.75, 3.05) is 145 Å². The lowest BCUT2D eigenvalue weighted by atomic mass is 10.2. The maximum absolute atomic E-state index is 13.2. The molecule has 0 unspecified atom stereocenters. The standard InChI is InChI=1S/C42H56O16/c43-42(35-6-8-39-41(32-35)57-30-24-50-14-12-45-10-9-44-11-13-46-22-28-55-39)58-33-34-5-7-38-40(31-34)56-29-23-51-18-17-48-20-26-53-37-4-2-1-3-36(37)52-25-19-47-15-16-49-21-27-54-38/h1-8,31-32H,9-30,33H2. The summed E-state index contributed by atoms with van der Waals surface area (Å²) in [4.78, 5) is 13.2. The summed E-state index contributed by atoms with van der Waals surface area (Å²) in [5, 5.41) is 0. The lowest BCUT2D eigenvalue weighted by Crippen LogP contribution is -2.16. The third-order valence-electron chi connectivity index (χ3n) is 8.18. The van der Waals surface area contributed by atoms with Crippen LogP contribution in [-0.4, -0.2) is 151 Å². The highest BCUT2D eigenvalue weighted by atomic mass is 16.6. The topological polar surface area (TPSA) is 156 Å². The van der Waals surface area contributed by atoms with E-state index in [2.05, 4.69) is 0 Å². The first kappa shape index (κ1) is 44.7. The number of rotatable bonds is 3. The summed E-state index contributed by atoms with van der Waals surface area (Å²) in [6, 6.07) is 17.7. The van der Waals surface area contributed by atoms with E-state index in [-0.39, 0.29) is 33.0 Å². The largest absolute Gasteiger partial charge is 0.487 e. The van der Waals surface area contributed by atoms with Crippen LogP contribution in [0.15, 0.2) is 60.7 Å². The molecule has 16 heteroatoms. The number of hydrogen-bond acceptors (Lipinski definition) is 16. The van der Waals surface area contributed by atoms with Crippen molar-refractivity contribution in [3.63, 3.8) is 0 Å². The molecule has 0 amide bonds. The van der Waals surface area contributed by atoms with E-state index < -0.39 is 5.97 Å². The number of esters is 1. The van der Waals surface area contributed by atoms with E-state index >= 15 is 0 Å². The number of fused-ring (bicyclic) bond motifs is 3. The summed E-state index contributed by atoms with van der Waals surface area (Å²) >= 11 is 0. The van der Waals surface area contributed by atoms with Crippen molar-refractivity contribution in [3.05, 3.63) is 71.8 Å². The van der Waals surface area contributed by atoms with Crippen molar-refractivity contribution >= 4 is 5.97 Å². The molecule has 3 aromatic rings. The van der Waals surface area contributed by atoms with Gasteiger partial charge in [-0.1, -0.05) is 18.2 Å². The van der Waals surface area contributed by atoms with Gasteiger partial charge in [0.2, 0.25) is 0 Å². The van der Waals surface area contributed by atoms with Crippen LogP contribution in [0.4, 0.5) is 0 Å². The Hall–Kier alpha value is -4.39. The zero-order valence-electron chi connectivity index (χ0n) is 33.1. The van der Waals surface area contributed by atoms with Crippen LogP contribution in [0, 0.1) is 0 Å². The first-order valence-corrected chi connectivity index (χ1v) is 19.7. The highest BCUT2D eigenvalue weighted by Crippen LogP contribution is 2.31. The fourth-order valence-corrected chi connectivity index (χ4v) is 5.33. The molecule has 2 heterocycles. The van der Waals surface area contributed by atoms with E-state index in [4.69, 9.17) is 71.1 Å². The van der Waals surface area contributed by atoms with Crippen LogP contribution < -0.4 is 28.4 Å². The molecule has 0 fully saturated rings. The fourth-order valence-electron chi connectivity index (χ4n) is 5.33. The molecule has 0 saturated carbocycles. The van der Waals surface area contributed by atoms with Crippen LogP contribution in [0.2, 0.25) is 0 Å². The van der Waals surface area contributed by atoms with Gasteiger partial charge >= 0.3 is 5.97 Å². The van der Waals surface area contributed by atoms with Gasteiger partial charge in [-0.05, 0) is 48.0 Å². The van der Waals surface area contributed by atoms with Gasteiger partial charge in [-0.25, -0.2) is 4.79 Å². The number of carbonyl (C=O) groups excluding carboxylic acids is 1. The summed E-state index contributed by atoms with van der Waals surface area (Å²) in [5.74, 6) is 2.59. The third-order valence-corrected chi connectivity index (χ3v) is 8.18. The van der Waals surface area contributed by atoms with Gasteiger partial charge in [-0.15, -0.1) is 0 Å². The summed E-state index contributed by atoms with van der Waals surface area (Å²) in [5.41, 5.74) is 0.993. The molecular formula is C42H56O16. The Kier molecular flexibility index (Phi) is 21.7. The molecule has 0 atom stereocenters. The quantitative estimate of drug-likeness (QED) is 0.347. The van der Waals surface area contributed by atoms with Crippen LogP contribution in [0.3, 0.4) is 0 Å². The smallest absolute Gasteiger partial charge is 0.338 e. The van der Waals surface area contributed by atoms with Gasteiger partial charge < -0.3 is 71.1 Å². The third kappa shape index (κ3) is 17.6. The minimum absolute atomic E-state index is 0.0157. The van der Waals surface area contributed by atoms with E-state index in [1.807, 2.05) is 30.3 Å². The molecule has 2 aliphatic heterocycles. The van der Waals surface area contributed by atoms with Crippen LogP contribution in [-0.2, 0) is 49.2 Å². The zero-order valence-corrected chi connectivity index (χ0v) is 33.1. The van der Waals surface area contributed by atoms with Gasteiger partial charge in [-0.3, -0.25) is 0 Å². The van der Waals surface area contributed by atoms with Crippen LogP contribution in [0.1, 0.15) is 15.9 Å². The first-order valence-electron chi connectivity index (χ1n) is 19.7. The molecule has 320 valence electrons. The molecule has 5 rings (SSSR count). The van der Waals surface area contributed by atoms with E-state index in [1.54, 1.807) is 30.3 Å². The number of benzene rings is 3. The Bertz CT molecular complexity index is 1570. The second kappa shape index (κ2) is 28.1. The molecule has 58 heavy (non-hydrogen) atoms. The summed E-state index contributed by atoms with van der Waals surface area (Å²) in [6.45, 7) is 8.22. The van der Waals surface area contributed by atoms with Gasteiger partial charge in [0.1, 0.15) is 46.2 Å². The normalized spacial score (nSPS) is 18.6. The van der Waals surface area contributed by atoms with Gasteiger partial charge in [0, 0.05) is 0 Å². The van der Waals surface area contributed by atoms with E-state index in [1.165, 1.54) is 0 Å². The number of ether oxygens (including phenoxy) is 15. The van der Waals surface area contributed by atoms with Crippen molar-refractivity contribution < 1.29 is 75.8 Å². The summed E-state index contributed by atoms with van der Waals surface area (Å²) in [7, 11) is 0. The predicted octanol–water partition coefficient (Wildman–Crippen LogP) is 4.18. The first-order chi connectivity index (χ1) is 28.8. The molecule has 16 nitrogen and oxygen atoms in total. The lowest BCUT2D eigenvalue weighted by molar-refractivity contribution is -0.00842. The van der Waals surface area contributed by atoms with E-state index in [0.717, 1.165) is 0 Å². The minimum Gasteiger partial charge on any atom is -0.487 e. The SMILES string of the molecule is O=C(OCc1ccc2c(c1)OCCOCCOCCOc1ccccc1OCCOCCOCCO2)c1ccc2c(c1)OCCOCCOCCOCCOCCO2. The molecule has 0 bridgehead atoms. The Morgan fingerprint density at radius 1 is 0.362 bits per heavy atom. The molecule has 0 spiro atoms. The maximum Gasteiger partial charge on any atom is 0.338 e. The van der Waals surface area contributed by atoms with Crippen molar-refractivity contribution in [1.82, 2.24) is 0 Å². The van der Waals surface area contributed by atoms with Crippen LogP contribution in [0.5, 0.6) is 34.5 Å². The second-order valence-electron chi connectivity index (χ2n) is 12.5. The number of hydrogen-bond donors (Lipinski definition) is 0. The molecule has 0 aliphatic carbocycles. The number of carbonyl (C=O) groups is 1. The molecule has 2 aliphatic rings. The van der Waals surface area contributed by atoms with Gasteiger partial charge in [-0.2, -0.15) is 0 Å². The summed E-state index contributed by atoms with van der Waals surface area (Å²) < 4.78 is 86.2. The van der Waals surface area contributed by atoms with Gasteiger partial charge in [0.25, 0.3) is 0 Å². The average molecular weight is 817 g/mol. The van der Waals surface area contributed by atoms with Crippen molar-refractivity contribution in [2.45, 2.75) is 6.61 Å². The van der Waals surface area contributed by atoms with Crippen molar-refractivity contribution in [3.8, 4) is 34.5 Å². The Morgan fingerprint density at radius 2 is 0.672 bits per heavy atom. The van der Waals surface area contributed by atoms with Gasteiger partial charge in [0.05, 0.1) is 111 Å². The van der Waals surface area contributed by atoms with E-state index in [9.17, 15) is 4.79 Å². The maximum atomic E-state index is 13.2. The van der Waals surface area contributed by atoms with Crippen LogP contribution >= 0.6 is 0 Å². The lowest BCUT2D eigenvalue weighted by Gasteiger charge is -2.16. The monoisotopic (exact) mass is 816 g/mol. The molecule has 0 aromatic heterocycles. The summed E-state index contributed by atoms with van der Waals surface area (Å²) in [6.07, 6.45) is 0. The molecular weight excluding hydrogens is 760 g/mol. The molecule has 0 radical (unpaired) electrons. The van der Waals surface area contributed by atoms with Crippen molar-refractivity contribution in [1.29, 1.82) is 0 Å². The molecule has 0 saturated heterocycles. The fraction of sp³-hybridized carbons (Fsp3) is 0.548. The highest BCUT2D eigenvalue weighted by molar-refractivity contribution is 5.90. The molecule has 3 aromatic carbocycles. The highest BCUT2D eigenvalue weighted by Gasteiger charge is 2.15. The van der Waals surface area contributed by atoms with Crippen LogP contribution in [0.25, 0.3) is 0 Å². The predicted molar refractivity (Wildman–Crippen MR) is 208 cm³/mol. The second-order valence-corrected chi connectivity index (χ2v) is 12.5.